The number of benzene rings is 1. The molecule has 1 amide bonds. The molecule has 0 saturated carbocycles. The molecular weight excluding hydrogens is 232 g/mol. The van der Waals surface area contributed by atoms with Crippen LogP contribution in [0.3, 0.4) is 0 Å². The van der Waals surface area contributed by atoms with Crippen LogP contribution < -0.4 is 10.6 Å². The maximum absolute atomic E-state index is 11.9. The number of hydrogen-bond acceptors (Lipinski definition) is 4. The van der Waals surface area contributed by atoms with Gasteiger partial charge in [0, 0.05) is 18.7 Å². The number of esters is 1. The van der Waals surface area contributed by atoms with Crippen LogP contribution >= 0.6 is 0 Å². The molecule has 1 aliphatic rings. The number of carbonyl (C=O) groups excluding carboxylic acids is 2. The molecule has 96 valence electrons. The summed E-state index contributed by atoms with van der Waals surface area (Å²) < 4.78 is 4.56. The molecule has 0 saturated heterocycles. The molecule has 1 aliphatic heterocycles. The lowest BCUT2D eigenvalue weighted by molar-refractivity contribution is -0.142. The predicted octanol–water partition coefficient (Wildman–Crippen LogP) is 0.581. The summed E-state index contributed by atoms with van der Waals surface area (Å²) in [5, 5.41) is 5.82. The van der Waals surface area contributed by atoms with Crippen molar-refractivity contribution in [2.24, 2.45) is 0 Å². The van der Waals surface area contributed by atoms with Gasteiger partial charge in [-0.05, 0) is 30.2 Å². The molecule has 1 atom stereocenters. The molecule has 0 aliphatic carbocycles. The smallest absolute Gasteiger partial charge is 0.328 e. The number of rotatable bonds is 3. The van der Waals surface area contributed by atoms with Gasteiger partial charge in [-0.1, -0.05) is 6.07 Å². The van der Waals surface area contributed by atoms with Gasteiger partial charge >= 0.3 is 5.97 Å². The second-order valence-electron chi connectivity index (χ2n) is 4.31. The Morgan fingerprint density at radius 3 is 2.78 bits per heavy atom. The van der Waals surface area contributed by atoms with Crippen LogP contribution in [0, 0.1) is 0 Å². The third-order valence-corrected chi connectivity index (χ3v) is 3.00. The van der Waals surface area contributed by atoms with E-state index in [4.69, 9.17) is 0 Å². The van der Waals surface area contributed by atoms with Crippen molar-refractivity contribution >= 4 is 11.9 Å². The van der Waals surface area contributed by atoms with Crippen molar-refractivity contribution in [1.29, 1.82) is 0 Å². The maximum atomic E-state index is 11.9. The molecule has 0 spiro atoms. The number of methoxy groups -OCH3 is 1. The predicted molar refractivity (Wildman–Crippen MR) is 65.9 cm³/mol. The van der Waals surface area contributed by atoms with Crippen LogP contribution in [0.2, 0.25) is 0 Å². The number of ether oxygens (including phenoxy) is 1. The van der Waals surface area contributed by atoms with Crippen molar-refractivity contribution in [2.45, 2.75) is 26.1 Å². The van der Waals surface area contributed by atoms with Crippen LogP contribution in [0.5, 0.6) is 0 Å². The Kier molecular flexibility index (Phi) is 3.62. The van der Waals surface area contributed by atoms with E-state index in [1.54, 1.807) is 13.0 Å². The first-order chi connectivity index (χ1) is 8.61. The lowest BCUT2D eigenvalue weighted by atomic mass is 10.1. The number of hydrogen-bond donors (Lipinski definition) is 2. The highest BCUT2D eigenvalue weighted by molar-refractivity contribution is 5.96. The molecule has 2 rings (SSSR count). The number of amides is 1. The number of carbonyl (C=O) groups is 2. The summed E-state index contributed by atoms with van der Waals surface area (Å²) in [5.74, 6) is -0.714. The Labute approximate surface area is 106 Å². The van der Waals surface area contributed by atoms with E-state index < -0.39 is 12.0 Å². The summed E-state index contributed by atoms with van der Waals surface area (Å²) in [4.78, 5) is 23.2. The average Bonchev–Trinajstić information content (AvgIpc) is 2.84. The van der Waals surface area contributed by atoms with E-state index in [1.807, 2.05) is 12.1 Å². The van der Waals surface area contributed by atoms with Crippen LogP contribution in [0.25, 0.3) is 0 Å². The minimum atomic E-state index is -0.645. The summed E-state index contributed by atoms with van der Waals surface area (Å²) >= 11 is 0. The van der Waals surface area contributed by atoms with E-state index in [1.165, 1.54) is 12.7 Å². The van der Waals surface area contributed by atoms with Gasteiger partial charge in [-0.15, -0.1) is 0 Å². The molecule has 0 radical (unpaired) electrons. The topological polar surface area (TPSA) is 67.4 Å². The van der Waals surface area contributed by atoms with Gasteiger partial charge in [0.15, 0.2) is 0 Å². The number of nitrogens with one attached hydrogen (secondary N) is 2. The second-order valence-corrected chi connectivity index (χ2v) is 4.31. The Morgan fingerprint density at radius 1 is 1.33 bits per heavy atom. The minimum absolute atomic E-state index is 0.261. The number of fused-ring (bicyclic) bond motifs is 1. The van der Waals surface area contributed by atoms with Gasteiger partial charge in [0.1, 0.15) is 6.04 Å². The Morgan fingerprint density at radius 2 is 2.06 bits per heavy atom. The molecule has 0 fully saturated rings. The zero-order valence-electron chi connectivity index (χ0n) is 10.4. The third kappa shape index (κ3) is 2.51. The van der Waals surface area contributed by atoms with Gasteiger partial charge in [-0.3, -0.25) is 4.79 Å². The van der Waals surface area contributed by atoms with Crippen LogP contribution in [-0.2, 0) is 22.6 Å². The zero-order chi connectivity index (χ0) is 13.1. The summed E-state index contributed by atoms with van der Waals surface area (Å²) in [6.07, 6.45) is 0. The molecule has 5 heteroatoms. The molecule has 1 aromatic carbocycles. The molecule has 1 heterocycles. The van der Waals surface area contributed by atoms with Crippen molar-refractivity contribution < 1.29 is 14.3 Å². The van der Waals surface area contributed by atoms with E-state index in [9.17, 15) is 9.59 Å². The maximum Gasteiger partial charge on any atom is 0.328 e. The molecule has 5 nitrogen and oxygen atoms in total. The fraction of sp³-hybridized carbons (Fsp3) is 0.385. The normalized spacial score (nSPS) is 14.8. The molecule has 0 aromatic heterocycles. The van der Waals surface area contributed by atoms with Gasteiger partial charge in [0.05, 0.1) is 7.11 Å². The third-order valence-electron chi connectivity index (χ3n) is 3.00. The van der Waals surface area contributed by atoms with E-state index in [0.29, 0.717) is 5.56 Å². The minimum Gasteiger partial charge on any atom is -0.467 e. The highest BCUT2D eigenvalue weighted by Crippen LogP contribution is 2.17. The summed E-state index contributed by atoms with van der Waals surface area (Å²) in [5.41, 5.74) is 2.91. The fourth-order valence-corrected chi connectivity index (χ4v) is 1.95. The molecule has 1 aromatic rings. The van der Waals surface area contributed by atoms with Gasteiger partial charge in [0.25, 0.3) is 5.91 Å². The van der Waals surface area contributed by atoms with Crippen molar-refractivity contribution in [2.75, 3.05) is 7.11 Å². The Hall–Kier alpha value is -1.88. The second kappa shape index (κ2) is 5.18. The SMILES string of the molecule is COC(=O)[C@H](C)NC(=O)c1ccc2c(c1)CNC2. The van der Waals surface area contributed by atoms with E-state index in [-0.39, 0.29) is 5.91 Å². The summed E-state index contributed by atoms with van der Waals surface area (Å²) in [6, 6.07) is 4.92. The van der Waals surface area contributed by atoms with Crippen molar-refractivity contribution in [3.63, 3.8) is 0 Å². The lowest BCUT2D eigenvalue weighted by Gasteiger charge is -2.12. The highest BCUT2D eigenvalue weighted by atomic mass is 16.5. The summed E-state index contributed by atoms with van der Waals surface area (Å²) in [7, 11) is 1.30. The molecule has 18 heavy (non-hydrogen) atoms. The van der Waals surface area contributed by atoms with Gasteiger partial charge < -0.3 is 15.4 Å². The first-order valence-corrected chi connectivity index (χ1v) is 5.83. The molecular formula is C13H16N2O3. The van der Waals surface area contributed by atoms with Gasteiger partial charge in [-0.2, -0.15) is 0 Å². The van der Waals surface area contributed by atoms with E-state index in [2.05, 4.69) is 15.4 Å². The van der Waals surface area contributed by atoms with Crippen LogP contribution in [0.15, 0.2) is 18.2 Å². The van der Waals surface area contributed by atoms with Crippen molar-refractivity contribution in [3.05, 3.63) is 34.9 Å². The molecule has 0 unspecified atom stereocenters. The summed E-state index contributed by atoms with van der Waals surface area (Å²) in [6.45, 7) is 3.22. The zero-order valence-corrected chi connectivity index (χ0v) is 10.4. The standard InChI is InChI=1S/C13H16N2O3/c1-8(13(17)18-2)15-12(16)9-3-4-10-6-14-7-11(10)5-9/h3-5,8,14H,6-7H2,1-2H3,(H,15,16)/t8-/m0/s1. The van der Waals surface area contributed by atoms with Gasteiger partial charge in [-0.25, -0.2) is 4.79 Å². The van der Waals surface area contributed by atoms with Gasteiger partial charge in [0.2, 0.25) is 0 Å². The van der Waals surface area contributed by atoms with E-state index in [0.717, 1.165) is 18.7 Å². The van der Waals surface area contributed by atoms with Crippen LogP contribution in [0.4, 0.5) is 0 Å². The van der Waals surface area contributed by atoms with Crippen molar-refractivity contribution in [3.8, 4) is 0 Å². The largest absolute Gasteiger partial charge is 0.467 e. The quantitative estimate of drug-likeness (QED) is 0.768. The van der Waals surface area contributed by atoms with Crippen molar-refractivity contribution in [1.82, 2.24) is 10.6 Å². The first-order valence-electron chi connectivity index (χ1n) is 5.83. The lowest BCUT2D eigenvalue weighted by Crippen LogP contribution is -2.39. The molecule has 0 bridgehead atoms. The average molecular weight is 248 g/mol. The monoisotopic (exact) mass is 248 g/mol. The Balaban J connectivity index is 2.07. The first kappa shape index (κ1) is 12.6. The molecule has 2 N–H and O–H groups in total. The van der Waals surface area contributed by atoms with E-state index >= 15 is 0 Å². The highest BCUT2D eigenvalue weighted by Gasteiger charge is 2.18. The van der Waals surface area contributed by atoms with Crippen LogP contribution in [-0.4, -0.2) is 25.0 Å². The van der Waals surface area contributed by atoms with Crippen LogP contribution in [0.1, 0.15) is 28.4 Å². The fourth-order valence-electron chi connectivity index (χ4n) is 1.95. The Bertz CT molecular complexity index is 485.